The highest BCUT2D eigenvalue weighted by atomic mass is 14.6. The Kier molecular flexibility index (Phi) is 4.02. The van der Waals surface area contributed by atoms with E-state index >= 15 is 0 Å². The van der Waals surface area contributed by atoms with Crippen molar-refractivity contribution in [3.05, 3.63) is 0 Å². The van der Waals surface area contributed by atoms with Gasteiger partial charge in [0.1, 0.15) is 5.41 Å². The van der Waals surface area contributed by atoms with E-state index in [1.807, 2.05) is 0 Å². The van der Waals surface area contributed by atoms with Gasteiger partial charge in [0.25, 0.3) is 0 Å². The lowest BCUT2D eigenvalue weighted by atomic mass is 9.51. The molecule has 0 atom stereocenters. The van der Waals surface area contributed by atoms with Crippen molar-refractivity contribution in [2.75, 3.05) is 0 Å². The molecule has 0 aromatic carbocycles. The molecule has 3 fully saturated rings. The van der Waals surface area contributed by atoms with Gasteiger partial charge >= 0.3 is 0 Å². The largest absolute Gasteiger partial charge is 0.197 e. The predicted octanol–water partition coefficient (Wildman–Crippen LogP) is 4.82. The molecule has 3 aliphatic carbocycles. The lowest BCUT2D eigenvalue weighted by Crippen LogP contribution is -2.47. The van der Waals surface area contributed by atoms with E-state index in [9.17, 15) is 10.5 Å². The Balaban J connectivity index is 1.93. The minimum Gasteiger partial charge on any atom is -0.197 e. The SMILES string of the molecule is N#CC(C#N)(C1CCCCC1)C1C2CCCC1CCC2. The maximum atomic E-state index is 9.96. The van der Waals surface area contributed by atoms with Crippen molar-refractivity contribution < 1.29 is 0 Å². The maximum absolute atomic E-state index is 9.96. The van der Waals surface area contributed by atoms with Gasteiger partial charge in [0, 0.05) is 0 Å². The smallest absolute Gasteiger partial charge is 0.149 e. The molecule has 3 aliphatic rings. The second-order valence-corrected chi connectivity index (χ2v) is 7.34. The van der Waals surface area contributed by atoms with Crippen LogP contribution in [0.5, 0.6) is 0 Å². The molecule has 20 heavy (non-hydrogen) atoms. The molecule has 3 rings (SSSR count). The third-order valence-electron chi connectivity index (χ3n) is 6.46. The molecule has 0 N–H and O–H groups in total. The molecule has 2 bridgehead atoms. The normalized spacial score (nSPS) is 35.0. The van der Waals surface area contributed by atoms with Crippen LogP contribution in [-0.4, -0.2) is 0 Å². The van der Waals surface area contributed by atoms with Crippen molar-refractivity contribution in [3.63, 3.8) is 0 Å². The molecule has 2 nitrogen and oxygen atoms in total. The first-order valence-corrected chi connectivity index (χ1v) is 8.64. The first-order chi connectivity index (χ1) is 9.81. The van der Waals surface area contributed by atoms with E-state index < -0.39 is 5.41 Å². The van der Waals surface area contributed by atoms with Crippen LogP contribution >= 0.6 is 0 Å². The van der Waals surface area contributed by atoms with Gasteiger partial charge in [-0.25, -0.2) is 0 Å². The fourth-order valence-corrected chi connectivity index (χ4v) is 5.61. The highest BCUT2D eigenvalue weighted by molar-refractivity contribution is 5.22. The summed E-state index contributed by atoms with van der Waals surface area (Å²) < 4.78 is 0. The molecule has 0 spiro atoms. The van der Waals surface area contributed by atoms with Crippen molar-refractivity contribution in [3.8, 4) is 12.1 Å². The maximum Gasteiger partial charge on any atom is 0.149 e. The molecule has 108 valence electrons. The fraction of sp³-hybridized carbons (Fsp3) is 0.889. The van der Waals surface area contributed by atoms with E-state index in [0.717, 1.165) is 12.8 Å². The molecule has 0 radical (unpaired) electrons. The van der Waals surface area contributed by atoms with E-state index in [1.165, 1.54) is 57.8 Å². The Morgan fingerprint density at radius 3 is 1.60 bits per heavy atom. The second-order valence-electron chi connectivity index (χ2n) is 7.34. The fourth-order valence-electron chi connectivity index (χ4n) is 5.61. The van der Waals surface area contributed by atoms with Gasteiger partial charge in [-0.2, -0.15) is 10.5 Å². The summed E-state index contributed by atoms with van der Waals surface area (Å²) in [5.41, 5.74) is -0.670. The van der Waals surface area contributed by atoms with E-state index in [0.29, 0.717) is 23.7 Å². The Morgan fingerprint density at radius 1 is 0.650 bits per heavy atom. The summed E-state index contributed by atoms with van der Waals surface area (Å²) in [6, 6.07) is 5.14. The zero-order valence-electron chi connectivity index (χ0n) is 12.5. The minimum absolute atomic E-state index is 0.345. The zero-order chi connectivity index (χ0) is 14.0. The van der Waals surface area contributed by atoms with Crippen LogP contribution in [0.15, 0.2) is 0 Å². The standard InChI is InChI=1S/C18H26N2/c19-12-18(13-20,16-10-2-1-3-11-16)17-14-6-4-7-15(17)9-5-8-14/h14-17H,1-11H2. The molecule has 0 aromatic rings. The van der Waals surface area contributed by atoms with Crippen LogP contribution < -0.4 is 0 Å². The van der Waals surface area contributed by atoms with Crippen LogP contribution in [-0.2, 0) is 0 Å². The van der Waals surface area contributed by atoms with Gasteiger partial charge in [0.15, 0.2) is 0 Å². The molecule has 0 heterocycles. The van der Waals surface area contributed by atoms with Crippen LogP contribution in [0.25, 0.3) is 0 Å². The number of fused-ring (bicyclic) bond motifs is 2. The molecule has 0 aliphatic heterocycles. The number of nitrogens with zero attached hydrogens (tertiary/aromatic N) is 2. The summed E-state index contributed by atoms with van der Waals surface area (Å²) >= 11 is 0. The molecule has 0 unspecified atom stereocenters. The third-order valence-corrected chi connectivity index (χ3v) is 6.46. The first-order valence-electron chi connectivity index (χ1n) is 8.64. The monoisotopic (exact) mass is 270 g/mol. The van der Waals surface area contributed by atoms with E-state index in [4.69, 9.17) is 0 Å². The Morgan fingerprint density at radius 2 is 1.15 bits per heavy atom. The van der Waals surface area contributed by atoms with Crippen LogP contribution in [0, 0.1) is 51.7 Å². The third kappa shape index (κ3) is 2.14. The topological polar surface area (TPSA) is 47.6 Å². The molecular weight excluding hydrogens is 244 g/mol. The van der Waals surface area contributed by atoms with Gasteiger partial charge in [-0.1, -0.05) is 57.8 Å². The zero-order valence-corrected chi connectivity index (χ0v) is 12.5. The van der Waals surface area contributed by atoms with Crippen LogP contribution in [0.2, 0.25) is 0 Å². The van der Waals surface area contributed by atoms with Crippen molar-refractivity contribution >= 4 is 0 Å². The molecular formula is C18H26N2. The van der Waals surface area contributed by atoms with Gasteiger partial charge in [-0.3, -0.25) is 0 Å². The summed E-state index contributed by atoms with van der Waals surface area (Å²) in [7, 11) is 0. The van der Waals surface area contributed by atoms with E-state index in [2.05, 4.69) is 12.1 Å². The Bertz CT molecular complexity index is 386. The lowest BCUT2D eigenvalue weighted by molar-refractivity contribution is -0.000245. The van der Waals surface area contributed by atoms with Crippen LogP contribution in [0.3, 0.4) is 0 Å². The molecule has 0 saturated heterocycles. The second kappa shape index (κ2) is 5.77. The molecule has 2 heteroatoms. The van der Waals surface area contributed by atoms with Gasteiger partial charge in [0.2, 0.25) is 0 Å². The van der Waals surface area contributed by atoms with Crippen molar-refractivity contribution in [2.24, 2.45) is 29.1 Å². The summed E-state index contributed by atoms with van der Waals surface area (Å²) in [5, 5.41) is 19.9. The van der Waals surface area contributed by atoms with Crippen LogP contribution in [0.1, 0.15) is 70.6 Å². The summed E-state index contributed by atoms with van der Waals surface area (Å²) in [6.07, 6.45) is 13.6. The molecule has 3 saturated carbocycles. The van der Waals surface area contributed by atoms with Crippen molar-refractivity contribution in [2.45, 2.75) is 70.6 Å². The summed E-state index contributed by atoms with van der Waals surface area (Å²) in [6.45, 7) is 0. The number of nitriles is 2. The number of hydrogen-bond donors (Lipinski definition) is 0. The lowest BCUT2D eigenvalue weighted by Gasteiger charge is -2.50. The number of rotatable bonds is 2. The van der Waals surface area contributed by atoms with Crippen LogP contribution in [0.4, 0.5) is 0 Å². The van der Waals surface area contributed by atoms with Gasteiger partial charge in [0.05, 0.1) is 12.1 Å². The molecule has 0 amide bonds. The minimum atomic E-state index is -0.670. The Hall–Kier alpha value is -1.02. The predicted molar refractivity (Wildman–Crippen MR) is 78.4 cm³/mol. The quantitative estimate of drug-likeness (QED) is 0.722. The number of hydrogen-bond acceptors (Lipinski definition) is 2. The average Bonchev–Trinajstić information content (AvgIpc) is 2.50. The highest BCUT2D eigenvalue weighted by Crippen LogP contribution is 2.56. The van der Waals surface area contributed by atoms with Crippen molar-refractivity contribution in [1.29, 1.82) is 10.5 Å². The highest BCUT2D eigenvalue weighted by Gasteiger charge is 2.54. The average molecular weight is 270 g/mol. The van der Waals surface area contributed by atoms with Gasteiger partial charge in [-0.05, 0) is 36.5 Å². The molecule has 0 aromatic heterocycles. The summed E-state index contributed by atoms with van der Waals surface area (Å²) in [4.78, 5) is 0. The van der Waals surface area contributed by atoms with Gasteiger partial charge < -0.3 is 0 Å². The summed E-state index contributed by atoms with van der Waals surface area (Å²) in [5.74, 6) is 2.04. The Labute approximate surface area is 123 Å². The van der Waals surface area contributed by atoms with Crippen molar-refractivity contribution in [1.82, 2.24) is 0 Å². The van der Waals surface area contributed by atoms with E-state index in [-0.39, 0.29) is 0 Å². The van der Waals surface area contributed by atoms with E-state index in [1.54, 1.807) is 0 Å². The van der Waals surface area contributed by atoms with Gasteiger partial charge in [-0.15, -0.1) is 0 Å². The first kappa shape index (κ1) is 13.9.